The van der Waals surface area contributed by atoms with Crippen LogP contribution >= 0.6 is 0 Å². The summed E-state index contributed by atoms with van der Waals surface area (Å²) in [7, 11) is 3.32. The van der Waals surface area contributed by atoms with Gasteiger partial charge >= 0.3 is 5.97 Å². The number of carbonyl (C=O) groups excluding carboxylic acids is 1. The van der Waals surface area contributed by atoms with Crippen molar-refractivity contribution in [1.29, 1.82) is 0 Å². The van der Waals surface area contributed by atoms with Crippen molar-refractivity contribution >= 4 is 11.9 Å². The molecule has 5 heteroatoms. The predicted molar refractivity (Wildman–Crippen MR) is 53.0 cm³/mol. The molecular formula is C9H18N2O3. The van der Waals surface area contributed by atoms with Gasteiger partial charge in [-0.25, -0.2) is 0 Å². The van der Waals surface area contributed by atoms with E-state index in [0.29, 0.717) is 0 Å². The van der Waals surface area contributed by atoms with Crippen LogP contribution in [0.25, 0.3) is 0 Å². The molecule has 0 aliphatic heterocycles. The molecule has 0 aliphatic carbocycles. The maximum atomic E-state index is 11.1. The number of hydrogen-bond donors (Lipinski definition) is 2. The highest BCUT2D eigenvalue weighted by Crippen LogP contribution is 2.12. The van der Waals surface area contributed by atoms with E-state index in [4.69, 9.17) is 5.11 Å². The van der Waals surface area contributed by atoms with Crippen LogP contribution < -0.4 is 5.32 Å². The second kappa shape index (κ2) is 4.95. The van der Waals surface area contributed by atoms with E-state index in [1.165, 1.54) is 4.90 Å². The molecule has 0 radical (unpaired) electrons. The smallest absolute Gasteiger partial charge is 0.310 e. The Kier molecular flexibility index (Phi) is 4.56. The molecule has 0 saturated carbocycles. The van der Waals surface area contributed by atoms with Crippen LogP contribution in [0.5, 0.6) is 0 Å². The van der Waals surface area contributed by atoms with Gasteiger partial charge < -0.3 is 15.3 Å². The van der Waals surface area contributed by atoms with E-state index in [2.05, 4.69) is 5.32 Å². The fourth-order valence-electron chi connectivity index (χ4n) is 0.716. The van der Waals surface area contributed by atoms with Crippen LogP contribution in [0.1, 0.15) is 13.8 Å². The van der Waals surface area contributed by atoms with Crippen molar-refractivity contribution < 1.29 is 14.7 Å². The van der Waals surface area contributed by atoms with Crippen molar-refractivity contribution in [3.63, 3.8) is 0 Å². The Morgan fingerprint density at radius 2 is 1.86 bits per heavy atom. The zero-order chi connectivity index (χ0) is 11.4. The Morgan fingerprint density at radius 3 is 2.21 bits per heavy atom. The molecule has 0 aromatic heterocycles. The first-order chi connectivity index (χ1) is 6.27. The molecule has 0 fully saturated rings. The van der Waals surface area contributed by atoms with Crippen molar-refractivity contribution in [2.75, 3.05) is 27.2 Å². The molecule has 0 bridgehead atoms. The highest BCUT2D eigenvalue weighted by atomic mass is 16.4. The van der Waals surface area contributed by atoms with E-state index >= 15 is 0 Å². The lowest BCUT2D eigenvalue weighted by atomic mass is 9.94. The molecule has 0 atom stereocenters. The van der Waals surface area contributed by atoms with Gasteiger partial charge in [-0.15, -0.1) is 0 Å². The van der Waals surface area contributed by atoms with Crippen molar-refractivity contribution in [2.24, 2.45) is 5.41 Å². The molecule has 0 spiro atoms. The minimum absolute atomic E-state index is 0.0637. The first-order valence-corrected chi connectivity index (χ1v) is 4.41. The number of amides is 1. The maximum Gasteiger partial charge on any atom is 0.310 e. The molecule has 0 aliphatic rings. The summed E-state index contributed by atoms with van der Waals surface area (Å²) < 4.78 is 0. The molecule has 2 N–H and O–H groups in total. The minimum atomic E-state index is -0.873. The van der Waals surface area contributed by atoms with Crippen LogP contribution in [0, 0.1) is 5.41 Å². The third kappa shape index (κ3) is 4.23. The van der Waals surface area contributed by atoms with E-state index in [0.717, 1.165) is 0 Å². The van der Waals surface area contributed by atoms with Crippen LogP contribution in [0.3, 0.4) is 0 Å². The molecule has 0 aromatic carbocycles. The molecule has 0 rings (SSSR count). The number of carboxylic acids is 1. The van der Waals surface area contributed by atoms with Crippen LogP contribution in [0.4, 0.5) is 0 Å². The Morgan fingerprint density at radius 1 is 1.36 bits per heavy atom. The number of nitrogens with one attached hydrogen (secondary N) is 1. The quantitative estimate of drug-likeness (QED) is 0.646. The van der Waals surface area contributed by atoms with Crippen LogP contribution in [0.2, 0.25) is 0 Å². The summed E-state index contributed by atoms with van der Waals surface area (Å²) in [5.74, 6) is -0.937. The second-order valence-electron chi connectivity index (χ2n) is 4.08. The van der Waals surface area contributed by atoms with Crippen LogP contribution in [0.15, 0.2) is 0 Å². The average Bonchev–Trinajstić information content (AvgIpc) is 2.03. The lowest BCUT2D eigenvalue weighted by molar-refractivity contribution is -0.146. The van der Waals surface area contributed by atoms with Gasteiger partial charge in [0.05, 0.1) is 12.0 Å². The van der Waals surface area contributed by atoms with Gasteiger partial charge in [0, 0.05) is 20.6 Å². The van der Waals surface area contributed by atoms with Crippen LogP contribution in [-0.2, 0) is 9.59 Å². The summed E-state index contributed by atoms with van der Waals surface area (Å²) in [4.78, 5) is 23.3. The number of likely N-dealkylation sites (N-methyl/N-ethyl adjacent to an activating group) is 1. The zero-order valence-electron chi connectivity index (χ0n) is 9.13. The standard InChI is InChI=1S/C9H18N2O3/c1-9(2,8(13)14)6-10-5-7(12)11(3)4/h10H,5-6H2,1-4H3,(H,13,14). The molecule has 1 amide bonds. The molecule has 0 unspecified atom stereocenters. The Labute approximate surface area is 84.1 Å². The van der Waals surface area contributed by atoms with Gasteiger partial charge in [-0.1, -0.05) is 0 Å². The summed E-state index contributed by atoms with van der Waals surface area (Å²) in [6, 6.07) is 0. The van der Waals surface area contributed by atoms with Crippen molar-refractivity contribution in [3.05, 3.63) is 0 Å². The molecule has 82 valence electrons. The molecular weight excluding hydrogens is 184 g/mol. The summed E-state index contributed by atoms with van der Waals surface area (Å²) in [6.07, 6.45) is 0. The molecule has 0 heterocycles. The number of carbonyl (C=O) groups is 2. The van der Waals surface area contributed by atoms with Gasteiger partial charge in [0.15, 0.2) is 0 Å². The second-order valence-corrected chi connectivity index (χ2v) is 4.08. The monoisotopic (exact) mass is 202 g/mol. The summed E-state index contributed by atoms with van der Waals surface area (Å²) >= 11 is 0. The van der Waals surface area contributed by atoms with E-state index in [1.54, 1.807) is 27.9 Å². The third-order valence-corrected chi connectivity index (χ3v) is 1.92. The predicted octanol–water partition coefficient (Wildman–Crippen LogP) is -0.225. The van der Waals surface area contributed by atoms with Gasteiger partial charge in [-0.05, 0) is 13.8 Å². The maximum absolute atomic E-state index is 11.1. The van der Waals surface area contributed by atoms with E-state index in [9.17, 15) is 9.59 Å². The minimum Gasteiger partial charge on any atom is -0.481 e. The van der Waals surface area contributed by atoms with Crippen molar-refractivity contribution in [2.45, 2.75) is 13.8 Å². The average molecular weight is 202 g/mol. The van der Waals surface area contributed by atoms with Gasteiger partial charge in [0.2, 0.25) is 5.91 Å². The fraction of sp³-hybridized carbons (Fsp3) is 0.778. The van der Waals surface area contributed by atoms with E-state index < -0.39 is 11.4 Å². The summed E-state index contributed by atoms with van der Waals surface area (Å²) in [5, 5.41) is 11.6. The number of rotatable bonds is 5. The van der Waals surface area contributed by atoms with Crippen LogP contribution in [-0.4, -0.2) is 49.1 Å². The summed E-state index contributed by atoms with van der Waals surface area (Å²) in [5.41, 5.74) is -0.841. The fourth-order valence-corrected chi connectivity index (χ4v) is 0.716. The lowest BCUT2D eigenvalue weighted by Crippen LogP contribution is -2.40. The number of nitrogens with zero attached hydrogens (tertiary/aromatic N) is 1. The van der Waals surface area contributed by atoms with Gasteiger partial charge in [-0.3, -0.25) is 9.59 Å². The lowest BCUT2D eigenvalue weighted by Gasteiger charge is -2.20. The van der Waals surface area contributed by atoms with Gasteiger partial charge in [0.25, 0.3) is 0 Å². The third-order valence-electron chi connectivity index (χ3n) is 1.92. The van der Waals surface area contributed by atoms with E-state index in [1.807, 2.05) is 0 Å². The molecule has 0 saturated heterocycles. The molecule has 0 aromatic rings. The largest absolute Gasteiger partial charge is 0.481 e. The number of aliphatic carboxylic acids is 1. The number of carboxylic acid groups (broad SMARTS) is 1. The number of hydrogen-bond acceptors (Lipinski definition) is 3. The highest BCUT2D eigenvalue weighted by Gasteiger charge is 2.26. The first kappa shape index (κ1) is 12.9. The Bertz CT molecular complexity index is 224. The van der Waals surface area contributed by atoms with Gasteiger partial charge in [-0.2, -0.15) is 0 Å². The van der Waals surface area contributed by atoms with E-state index in [-0.39, 0.29) is 19.0 Å². The molecule has 5 nitrogen and oxygen atoms in total. The Balaban J connectivity index is 3.85. The zero-order valence-corrected chi connectivity index (χ0v) is 9.13. The Hall–Kier alpha value is -1.10. The highest BCUT2D eigenvalue weighted by molar-refractivity contribution is 5.78. The summed E-state index contributed by atoms with van der Waals surface area (Å²) in [6.45, 7) is 3.68. The van der Waals surface area contributed by atoms with Crippen molar-refractivity contribution in [3.8, 4) is 0 Å². The van der Waals surface area contributed by atoms with Gasteiger partial charge in [0.1, 0.15) is 0 Å². The van der Waals surface area contributed by atoms with Crippen molar-refractivity contribution in [1.82, 2.24) is 10.2 Å². The molecule has 14 heavy (non-hydrogen) atoms. The SMILES string of the molecule is CN(C)C(=O)CNCC(C)(C)C(=O)O. The topological polar surface area (TPSA) is 69.6 Å². The first-order valence-electron chi connectivity index (χ1n) is 4.41. The normalized spacial score (nSPS) is 11.1.